The van der Waals surface area contributed by atoms with Crippen LogP contribution in [0.4, 0.5) is 0 Å². The number of carbonyl (C=O) groups is 1. The summed E-state index contributed by atoms with van der Waals surface area (Å²) in [5.74, 6) is -1.11. The standard InChI is InChI=1S/C13H20N2O4S2/c16-13(17)12-9-11(10-20-12)21(18,19)14-5-4-8-15-6-2-1-3-7-15/h9-10,14H,1-8H2,(H,16,17). The van der Waals surface area contributed by atoms with Crippen LogP contribution in [0.5, 0.6) is 0 Å². The van der Waals surface area contributed by atoms with Gasteiger partial charge < -0.3 is 10.0 Å². The molecule has 0 bridgehead atoms. The lowest BCUT2D eigenvalue weighted by Crippen LogP contribution is -2.33. The van der Waals surface area contributed by atoms with Gasteiger partial charge in [-0.1, -0.05) is 6.42 Å². The number of carboxylic acids is 1. The molecule has 1 aliphatic rings. The topological polar surface area (TPSA) is 86.7 Å². The number of aromatic carboxylic acids is 1. The second kappa shape index (κ2) is 7.35. The molecule has 1 aliphatic heterocycles. The Morgan fingerprint density at radius 1 is 1.33 bits per heavy atom. The molecular formula is C13H20N2O4S2. The first kappa shape index (κ1) is 16.4. The smallest absolute Gasteiger partial charge is 0.345 e. The van der Waals surface area contributed by atoms with Crippen molar-refractivity contribution in [3.63, 3.8) is 0 Å². The summed E-state index contributed by atoms with van der Waals surface area (Å²) in [5.41, 5.74) is 0. The maximum absolute atomic E-state index is 12.0. The van der Waals surface area contributed by atoms with Crippen LogP contribution in [0.15, 0.2) is 16.3 Å². The van der Waals surface area contributed by atoms with Gasteiger partial charge >= 0.3 is 5.97 Å². The fourth-order valence-corrected chi connectivity index (χ4v) is 4.53. The molecule has 1 saturated heterocycles. The van der Waals surface area contributed by atoms with Crippen molar-refractivity contribution in [3.05, 3.63) is 16.3 Å². The van der Waals surface area contributed by atoms with Crippen molar-refractivity contribution >= 4 is 27.3 Å². The Bertz CT molecular complexity index is 577. The second-order valence-corrected chi connectivity index (χ2v) is 7.78. The Balaban J connectivity index is 1.79. The molecule has 1 aromatic rings. The van der Waals surface area contributed by atoms with Crippen molar-refractivity contribution in [2.24, 2.45) is 0 Å². The van der Waals surface area contributed by atoms with E-state index in [0.717, 1.165) is 37.4 Å². The third-order valence-electron chi connectivity index (χ3n) is 3.49. The molecule has 0 unspecified atom stereocenters. The summed E-state index contributed by atoms with van der Waals surface area (Å²) < 4.78 is 26.5. The summed E-state index contributed by atoms with van der Waals surface area (Å²) in [6.45, 7) is 3.46. The number of rotatable bonds is 7. The first-order chi connectivity index (χ1) is 9.99. The van der Waals surface area contributed by atoms with Crippen LogP contribution in [-0.4, -0.2) is 50.6 Å². The highest BCUT2D eigenvalue weighted by atomic mass is 32.2. The minimum Gasteiger partial charge on any atom is -0.477 e. The summed E-state index contributed by atoms with van der Waals surface area (Å²) in [6.07, 6.45) is 4.49. The molecule has 1 fully saturated rings. The average molecular weight is 332 g/mol. The molecule has 0 radical (unpaired) electrons. The summed E-state index contributed by atoms with van der Waals surface area (Å²) >= 11 is 0.920. The van der Waals surface area contributed by atoms with E-state index in [0.29, 0.717) is 6.54 Å². The first-order valence-electron chi connectivity index (χ1n) is 7.03. The van der Waals surface area contributed by atoms with Crippen molar-refractivity contribution in [3.8, 4) is 0 Å². The molecule has 2 N–H and O–H groups in total. The highest BCUT2D eigenvalue weighted by molar-refractivity contribution is 7.89. The third-order valence-corrected chi connectivity index (χ3v) is 6.00. The summed E-state index contributed by atoms with van der Waals surface area (Å²) in [6, 6.07) is 1.19. The van der Waals surface area contributed by atoms with Crippen LogP contribution < -0.4 is 4.72 Å². The normalized spacial score (nSPS) is 17.0. The Morgan fingerprint density at radius 2 is 2.05 bits per heavy atom. The van der Waals surface area contributed by atoms with Crippen LogP contribution in [0.1, 0.15) is 35.4 Å². The Morgan fingerprint density at radius 3 is 2.67 bits per heavy atom. The van der Waals surface area contributed by atoms with Crippen LogP contribution >= 0.6 is 11.3 Å². The molecule has 1 aromatic heterocycles. The minimum atomic E-state index is -3.60. The number of hydrogen-bond donors (Lipinski definition) is 2. The van der Waals surface area contributed by atoms with Gasteiger partial charge in [0, 0.05) is 11.9 Å². The van der Waals surface area contributed by atoms with Gasteiger partial charge in [-0.25, -0.2) is 17.9 Å². The number of sulfonamides is 1. The lowest BCUT2D eigenvalue weighted by atomic mass is 10.1. The summed E-state index contributed by atoms with van der Waals surface area (Å²) in [7, 11) is -3.60. The molecule has 0 saturated carbocycles. The van der Waals surface area contributed by atoms with Crippen molar-refractivity contribution in [2.45, 2.75) is 30.6 Å². The Kier molecular flexibility index (Phi) is 5.74. The molecule has 0 spiro atoms. The molecule has 6 nitrogen and oxygen atoms in total. The number of carboxylic acid groups (broad SMARTS) is 1. The highest BCUT2D eigenvalue weighted by Gasteiger charge is 2.18. The average Bonchev–Trinajstić information content (AvgIpc) is 2.96. The van der Waals surface area contributed by atoms with Crippen LogP contribution in [0, 0.1) is 0 Å². The number of hydrogen-bond acceptors (Lipinski definition) is 5. The maximum Gasteiger partial charge on any atom is 0.345 e. The van der Waals surface area contributed by atoms with E-state index < -0.39 is 16.0 Å². The van der Waals surface area contributed by atoms with Gasteiger partial charge in [-0.05, 0) is 45.0 Å². The number of piperidine rings is 1. The first-order valence-corrected chi connectivity index (χ1v) is 9.39. The molecule has 2 rings (SSSR count). The molecule has 118 valence electrons. The van der Waals surface area contributed by atoms with E-state index in [9.17, 15) is 13.2 Å². The molecular weight excluding hydrogens is 312 g/mol. The van der Waals surface area contributed by atoms with Crippen molar-refractivity contribution < 1.29 is 18.3 Å². The zero-order valence-electron chi connectivity index (χ0n) is 11.7. The van der Waals surface area contributed by atoms with Gasteiger partial charge in [0.25, 0.3) is 0 Å². The van der Waals surface area contributed by atoms with Crippen LogP contribution in [0.3, 0.4) is 0 Å². The highest BCUT2D eigenvalue weighted by Crippen LogP contribution is 2.19. The van der Waals surface area contributed by atoms with Crippen LogP contribution in [0.25, 0.3) is 0 Å². The van der Waals surface area contributed by atoms with Crippen molar-refractivity contribution in [1.82, 2.24) is 9.62 Å². The quantitative estimate of drug-likeness (QED) is 0.741. The number of thiophene rings is 1. The predicted molar refractivity (Wildman–Crippen MR) is 81.4 cm³/mol. The van der Waals surface area contributed by atoms with E-state index in [1.807, 2.05) is 0 Å². The second-order valence-electron chi connectivity index (χ2n) is 5.11. The lowest BCUT2D eigenvalue weighted by Gasteiger charge is -2.26. The molecule has 0 atom stereocenters. The Hall–Kier alpha value is -0.960. The van der Waals surface area contributed by atoms with Gasteiger partial charge in [-0.15, -0.1) is 11.3 Å². The SMILES string of the molecule is O=C(O)c1cc(S(=O)(=O)NCCCN2CCCCC2)cs1. The molecule has 0 aromatic carbocycles. The molecule has 2 heterocycles. The lowest BCUT2D eigenvalue weighted by molar-refractivity contribution is 0.0702. The minimum absolute atomic E-state index is 0.0304. The molecule has 0 aliphatic carbocycles. The number of nitrogens with one attached hydrogen (secondary N) is 1. The number of likely N-dealkylation sites (tertiary alicyclic amines) is 1. The van der Waals surface area contributed by atoms with E-state index >= 15 is 0 Å². The fourth-order valence-electron chi connectivity index (χ4n) is 2.35. The number of nitrogens with zero attached hydrogens (tertiary/aromatic N) is 1. The maximum atomic E-state index is 12.0. The van der Waals surface area contributed by atoms with Gasteiger partial charge in [-0.2, -0.15) is 0 Å². The molecule has 21 heavy (non-hydrogen) atoms. The van der Waals surface area contributed by atoms with Gasteiger partial charge in [0.15, 0.2) is 0 Å². The Labute approximate surface area is 128 Å². The summed E-state index contributed by atoms with van der Waals surface area (Å²) in [4.78, 5) is 13.2. The van der Waals surface area contributed by atoms with E-state index in [2.05, 4.69) is 9.62 Å². The van der Waals surface area contributed by atoms with Gasteiger partial charge in [-0.3, -0.25) is 0 Å². The van der Waals surface area contributed by atoms with Crippen LogP contribution in [-0.2, 0) is 10.0 Å². The van der Waals surface area contributed by atoms with E-state index in [-0.39, 0.29) is 9.77 Å². The van der Waals surface area contributed by atoms with Gasteiger partial charge in [0.05, 0.1) is 4.90 Å². The van der Waals surface area contributed by atoms with Crippen molar-refractivity contribution in [1.29, 1.82) is 0 Å². The zero-order chi connectivity index (χ0) is 15.3. The van der Waals surface area contributed by atoms with Gasteiger partial charge in [0.1, 0.15) is 4.88 Å². The third kappa shape index (κ3) is 4.77. The van der Waals surface area contributed by atoms with E-state index in [1.165, 1.54) is 30.7 Å². The van der Waals surface area contributed by atoms with Gasteiger partial charge in [0.2, 0.25) is 10.0 Å². The molecule has 0 amide bonds. The largest absolute Gasteiger partial charge is 0.477 e. The molecule has 8 heteroatoms. The summed E-state index contributed by atoms with van der Waals surface area (Å²) in [5, 5.41) is 10.2. The monoisotopic (exact) mass is 332 g/mol. The van der Waals surface area contributed by atoms with Crippen LogP contribution in [0.2, 0.25) is 0 Å². The fraction of sp³-hybridized carbons (Fsp3) is 0.615. The van der Waals surface area contributed by atoms with E-state index in [1.54, 1.807) is 0 Å². The zero-order valence-corrected chi connectivity index (χ0v) is 13.4. The predicted octanol–water partition coefficient (Wildman–Crippen LogP) is 1.60. The van der Waals surface area contributed by atoms with Crippen molar-refractivity contribution in [2.75, 3.05) is 26.2 Å². The van der Waals surface area contributed by atoms with E-state index in [4.69, 9.17) is 5.11 Å².